The monoisotopic (exact) mass is 194 g/mol. The standard InChI is InChI=1S/C10H10O4/c1-7(9(11)12)10(13)14-8-5-3-2-4-6-8/h2-6,13H,1H3,(H,11,12)/b10-7-. The van der Waals surface area contributed by atoms with Crippen LogP contribution in [-0.2, 0) is 4.79 Å². The number of benzene rings is 1. The third-order valence-corrected chi connectivity index (χ3v) is 1.60. The number of ether oxygens (including phenoxy) is 1. The Bertz CT molecular complexity index is 354. The molecular weight excluding hydrogens is 184 g/mol. The minimum Gasteiger partial charge on any atom is -0.480 e. The average molecular weight is 194 g/mol. The Labute approximate surface area is 81.1 Å². The number of hydrogen-bond donors (Lipinski definition) is 2. The van der Waals surface area contributed by atoms with Gasteiger partial charge in [0.05, 0.1) is 0 Å². The zero-order valence-electron chi connectivity index (χ0n) is 7.60. The van der Waals surface area contributed by atoms with Gasteiger partial charge in [-0.1, -0.05) is 18.2 Å². The van der Waals surface area contributed by atoms with Crippen LogP contribution in [0.1, 0.15) is 6.92 Å². The quantitative estimate of drug-likeness (QED) is 0.570. The zero-order valence-corrected chi connectivity index (χ0v) is 7.60. The van der Waals surface area contributed by atoms with Crippen LogP contribution in [0, 0.1) is 0 Å². The molecule has 0 atom stereocenters. The molecule has 2 N–H and O–H groups in total. The summed E-state index contributed by atoms with van der Waals surface area (Å²) in [6.07, 6.45) is 0. The molecular formula is C10H10O4. The summed E-state index contributed by atoms with van der Waals surface area (Å²) in [4.78, 5) is 10.4. The summed E-state index contributed by atoms with van der Waals surface area (Å²) in [5, 5.41) is 17.8. The number of para-hydroxylation sites is 1. The molecule has 0 amide bonds. The molecule has 74 valence electrons. The van der Waals surface area contributed by atoms with Gasteiger partial charge in [0, 0.05) is 0 Å². The van der Waals surface area contributed by atoms with Gasteiger partial charge >= 0.3 is 5.97 Å². The van der Waals surface area contributed by atoms with Gasteiger partial charge in [-0.15, -0.1) is 0 Å². The highest BCUT2D eigenvalue weighted by Gasteiger charge is 2.09. The van der Waals surface area contributed by atoms with Crippen LogP contribution >= 0.6 is 0 Å². The largest absolute Gasteiger partial charge is 0.480 e. The van der Waals surface area contributed by atoms with Gasteiger partial charge in [-0.25, -0.2) is 4.79 Å². The summed E-state index contributed by atoms with van der Waals surface area (Å²) in [5.74, 6) is -1.41. The van der Waals surface area contributed by atoms with E-state index >= 15 is 0 Å². The van der Waals surface area contributed by atoms with Crippen LogP contribution < -0.4 is 4.74 Å². The van der Waals surface area contributed by atoms with Crippen molar-refractivity contribution >= 4 is 5.97 Å². The van der Waals surface area contributed by atoms with Crippen molar-refractivity contribution in [2.75, 3.05) is 0 Å². The summed E-state index contributed by atoms with van der Waals surface area (Å²) in [5.41, 5.74) is -0.228. The van der Waals surface area contributed by atoms with Crippen LogP contribution in [0.3, 0.4) is 0 Å². The fourth-order valence-electron chi connectivity index (χ4n) is 0.768. The summed E-state index contributed by atoms with van der Waals surface area (Å²) >= 11 is 0. The molecule has 4 nitrogen and oxygen atoms in total. The van der Waals surface area contributed by atoms with E-state index in [1.165, 1.54) is 6.92 Å². The van der Waals surface area contributed by atoms with Crippen LogP contribution in [0.4, 0.5) is 0 Å². The van der Waals surface area contributed by atoms with E-state index in [0.29, 0.717) is 5.75 Å². The van der Waals surface area contributed by atoms with Crippen LogP contribution in [0.5, 0.6) is 5.75 Å². The Morgan fingerprint density at radius 2 is 1.79 bits per heavy atom. The predicted molar refractivity (Wildman–Crippen MR) is 50.0 cm³/mol. The second-order valence-corrected chi connectivity index (χ2v) is 2.65. The lowest BCUT2D eigenvalue weighted by Crippen LogP contribution is -2.05. The van der Waals surface area contributed by atoms with Crippen molar-refractivity contribution in [1.29, 1.82) is 0 Å². The van der Waals surface area contributed by atoms with Gasteiger partial charge in [0.25, 0.3) is 5.95 Å². The average Bonchev–Trinajstić information content (AvgIpc) is 2.18. The third-order valence-electron chi connectivity index (χ3n) is 1.60. The topological polar surface area (TPSA) is 66.8 Å². The van der Waals surface area contributed by atoms with Crippen molar-refractivity contribution in [1.82, 2.24) is 0 Å². The minimum atomic E-state index is -1.21. The van der Waals surface area contributed by atoms with Crippen molar-refractivity contribution in [3.05, 3.63) is 41.9 Å². The molecule has 0 fully saturated rings. The molecule has 0 spiro atoms. The predicted octanol–water partition coefficient (Wildman–Crippen LogP) is 1.94. The normalized spacial score (nSPS) is 11.8. The second kappa shape index (κ2) is 4.32. The van der Waals surface area contributed by atoms with Gasteiger partial charge < -0.3 is 14.9 Å². The number of aliphatic hydroxyl groups excluding tert-OH is 1. The van der Waals surface area contributed by atoms with E-state index in [0.717, 1.165) is 0 Å². The Balaban J connectivity index is 2.80. The molecule has 1 aromatic carbocycles. The molecule has 0 saturated carbocycles. The molecule has 1 rings (SSSR count). The molecule has 0 saturated heterocycles. The maximum atomic E-state index is 10.4. The number of carboxylic acid groups (broad SMARTS) is 1. The molecule has 0 aliphatic rings. The number of aliphatic carboxylic acids is 1. The molecule has 0 unspecified atom stereocenters. The Kier molecular flexibility index (Phi) is 3.12. The lowest BCUT2D eigenvalue weighted by atomic mass is 10.3. The van der Waals surface area contributed by atoms with Gasteiger partial charge in [-0.3, -0.25) is 0 Å². The lowest BCUT2D eigenvalue weighted by molar-refractivity contribution is -0.133. The molecule has 0 radical (unpaired) electrons. The molecule has 0 bridgehead atoms. The maximum absolute atomic E-state index is 10.4. The number of carbonyl (C=O) groups is 1. The maximum Gasteiger partial charge on any atom is 0.338 e. The second-order valence-electron chi connectivity index (χ2n) is 2.65. The van der Waals surface area contributed by atoms with Gasteiger partial charge in [-0.05, 0) is 19.1 Å². The molecule has 0 aliphatic carbocycles. The van der Waals surface area contributed by atoms with E-state index in [1.807, 2.05) is 0 Å². The van der Waals surface area contributed by atoms with Crippen LogP contribution in [0.2, 0.25) is 0 Å². The highest BCUT2D eigenvalue weighted by atomic mass is 16.6. The first kappa shape index (κ1) is 10.1. The number of carboxylic acids is 1. The Morgan fingerprint density at radius 3 is 2.29 bits per heavy atom. The highest BCUT2D eigenvalue weighted by Crippen LogP contribution is 2.13. The first-order valence-electron chi connectivity index (χ1n) is 3.97. The van der Waals surface area contributed by atoms with Gasteiger partial charge in [0.15, 0.2) is 0 Å². The first-order chi connectivity index (χ1) is 6.61. The van der Waals surface area contributed by atoms with E-state index in [4.69, 9.17) is 9.84 Å². The van der Waals surface area contributed by atoms with Crippen molar-refractivity contribution in [3.8, 4) is 5.75 Å². The summed E-state index contributed by atoms with van der Waals surface area (Å²) in [6.45, 7) is 1.26. The molecule has 14 heavy (non-hydrogen) atoms. The molecule has 0 aliphatic heterocycles. The third kappa shape index (κ3) is 2.52. The van der Waals surface area contributed by atoms with Crippen LogP contribution in [0.15, 0.2) is 41.9 Å². The summed E-state index contributed by atoms with van der Waals surface area (Å²) in [7, 11) is 0. The van der Waals surface area contributed by atoms with Gasteiger partial charge in [-0.2, -0.15) is 0 Å². The van der Waals surface area contributed by atoms with E-state index in [1.54, 1.807) is 30.3 Å². The van der Waals surface area contributed by atoms with Crippen molar-refractivity contribution in [2.24, 2.45) is 0 Å². The molecule has 4 heteroatoms. The smallest absolute Gasteiger partial charge is 0.338 e. The summed E-state index contributed by atoms with van der Waals surface area (Å²) in [6, 6.07) is 8.46. The number of rotatable bonds is 3. The van der Waals surface area contributed by atoms with E-state index < -0.39 is 11.9 Å². The van der Waals surface area contributed by atoms with Crippen LogP contribution in [-0.4, -0.2) is 16.2 Å². The SMILES string of the molecule is C/C(C(=O)O)=C(\O)Oc1ccccc1. The highest BCUT2D eigenvalue weighted by molar-refractivity contribution is 5.86. The zero-order chi connectivity index (χ0) is 10.6. The number of hydrogen-bond acceptors (Lipinski definition) is 3. The minimum absolute atomic E-state index is 0.228. The van der Waals surface area contributed by atoms with E-state index in [-0.39, 0.29) is 5.57 Å². The first-order valence-corrected chi connectivity index (χ1v) is 3.97. The number of aliphatic hydroxyl groups is 1. The fourth-order valence-corrected chi connectivity index (χ4v) is 0.768. The molecule has 1 aromatic rings. The van der Waals surface area contributed by atoms with Crippen molar-refractivity contribution in [3.63, 3.8) is 0 Å². The Hall–Kier alpha value is -1.97. The summed E-state index contributed by atoms with van der Waals surface area (Å²) < 4.78 is 4.89. The van der Waals surface area contributed by atoms with Gasteiger partial charge in [0.1, 0.15) is 11.3 Å². The van der Waals surface area contributed by atoms with E-state index in [9.17, 15) is 9.90 Å². The molecule has 0 heterocycles. The molecule has 0 aromatic heterocycles. The Morgan fingerprint density at radius 1 is 1.21 bits per heavy atom. The van der Waals surface area contributed by atoms with Crippen LogP contribution in [0.25, 0.3) is 0 Å². The van der Waals surface area contributed by atoms with Crippen molar-refractivity contribution in [2.45, 2.75) is 6.92 Å². The van der Waals surface area contributed by atoms with E-state index in [2.05, 4.69) is 0 Å². The van der Waals surface area contributed by atoms with Crippen molar-refractivity contribution < 1.29 is 19.7 Å². The fraction of sp³-hybridized carbons (Fsp3) is 0.100. The van der Waals surface area contributed by atoms with Gasteiger partial charge in [0.2, 0.25) is 0 Å². The lowest BCUT2D eigenvalue weighted by Gasteiger charge is -2.04.